The first-order valence-corrected chi connectivity index (χ1v) is 10.1. The summed E-state index contributed by atoms with van der Waals surface area (Å²) in [4.78, 5) is 4.98. The summed E-state index contributed by atoms with van der Waals surface area (Å²) in [6.07, 6.45) is 4.46. The van der Waals surface area contributed by atoms with Gasteiger partial charge in [0.15, 0.2) is 0 Å². The molecule has 144 valence electrons. The van der Waals surface area contributed by atoms with E-state index in [0.29, 0.717) is 0 Å². The number of halogens is 1. The van der Waals surface area contributed by atoms with Crippen molar-refractivity contribution in [2.45, 2.75) is 6.54 Å². The summed E-state index contributed by atoms with van der Waals surface area (Å²) in [5, 5.41) is 0. The van der Waals surface area contributed by atoms with Crippen LogP contribution < -0.4 is 9.47 Å². The maximum Gasteiger partial charge on any atom is 0.136 e. The third kappa shape index (κ3) is 5.58. The summed E-state index contributed by atoms with van der Waals surface area (Å²) in [6, 6.07) is 14.5. The largest absolute Gasteiger partial charge is 0.496 e. The number of hydrogen-bond acceptors (Lipinski definition) is 4. The molecule has 4 nitrogen and oxygen atoms in total. The molecule has 1 fully saturated rings. The summed E-state index contributed by atoms with van der Waals surface area (Å²) in [7, 11) is 3.38. The molecule has 3 rings (SSSR count). The average Bonchev–Trinajstić information content (AvgIpc) is 2.70. The molecule has 27 heavy (non-hydrogen) atoms. The Bertz CT molecular complexity index is 756. The van der Waals surface area contributed by atoms with Crippen LogP contribution in [0.4, 0.5) is 0 Å². The van der Waals surface area contributed by atoms with E-state index in [1.165, 1.54) is 11.1 Å². The number of piperazine rings is 1. The molecule has 2 aromatic rings. The number of benzene rings is 2. The number of ether oxygens (including phenoxy) is 2. The van der Waals surface area contributed by atoms with Crippen LogP contribution in [-0.4, -0.2) is 56.7 Å². The topological polar surface area (TPSA) is 24.9 Å². The van der Waals surface area contributed by atoms with E-state index in [1.54, 1.807) is 14.2 Å². The predicted molar refractivity (Wildman–Crippen MR) is 114 cm³/mol. The van der Waals surface area contributed by atoms with Crippen LogP contribution in [0.3, 0.4) is 0 Å². The zero-order valence-electron chi connectivity index (χ0n) is 16.0. The van der Waals surface area contributed by atoms with Crippen LogP contribution in [0.25, 0.3) is 6.08 Å². The van der Waals surface area contributed by atoms with Crippen molar-refractivity contribution in [2.24, 2.45) is 0 Å². The summed E-state index contributed by atoms with van der Waals surface area (Å²) in [5.41, 5.74) is 2.44. The molecular formula is C22H27BrN2O2. The van der Waals surface area contributed by atoms with Gasteiger partial charge in [-0.1, -0.05) is 42.5 Å². The van der Waals surface area contributed by atoms with E-state index < -0.39 is 0 Å². The molecule has 0 atom stereocenters. The van der Waals surface area contributed by atoms with Gasteiger partial charge in [-0.05, 0) is 27.6 Å². The van der Waals surface area contributed by atoms with Crippen molar-refractivity contribution in [1.82, 2.24) is 9.80 Å². The molecule has 0 unspecified atom stereocenters. The first-order chi connectivity index (χ1) is 13.2. The predicted octanol–water partition coefficient (Wildman–Crippen LogP) is 4.30. The van der Waals surface area contributed by atoms with E-state index in [0.717, 1.165) is 55.2 Å². The van der Waals surface area contributed by atoms with Crippen LogP contribution in [0.5, 0.6) is 11.5 Å². The molecule has 0 saturated carbocycles. The molecule has 0 radical (unpaired) electrons. The van der Waals surface area contributed by atoms with Crippen molar-refractivity contribution in [3.8, 4) is 11.5 Å². The highest BCUT2D eigenvalue weighted by molar-refractivity contribution is 9.10. The van der Waals surface area contributed by atoms with Gasteiger partial charge in [-0.15, -0.1) is 0 Å². The Morgan fingerprint density at radius 2 is 1.59 bits per heavy atom. The highest BCUT2D eigenvalue weighted by Gasteiger charge is 2.18. The van der Waals surface area contributed by atoms with E-state index in [-0.39, 0.29) is 0 Å². The summed E-state index contributed by atoms with van der Waals surface area (Å²) in [6.45, 7) is 6.18. The normalized spacial score (nSPS) is 16.0. The van der Waals surface area contributed by atoms with Gasteiger partial charge in [0.2, 0.25) is 0 Å². The number of methoxy groups -OCH3 is 2. The van der Waals surface area contributed by atoms with Gasteiger partial charge >= 0.3 is 0 Å². The van der Waals surface area contributed by atoms with Gasteiger partial charge in [0, 0.05) is 50.9 Å². The summed E-state index contributed by atoms with van der Waals surface area (Å²) >= 11 is 3.58. The summed E-state index contributed by atoms with van der Waals surface area (Å²) in [5.74, 6) is 1.67. The van der Waals surface area contributed by atoms with Crippen molar-refractivity contribution in [3.63, 3.8) is 0 Å². The van der Waals surface area contributed by atoms with Crippen LogP contribution in [-0.2, 0) is 6.54 Å². The maximum absolute atomic E-state index is 5.55. The Morgan fingerprint density at radius 1 is 0.926 bits per heavy atom. The van der Waals surface area contributed by atoms with E-state index in [2.05, 4.69) is 68.2 Å². The van der Waals surface area contributed by atoms with Gasteiger partial charge < -0.3 is 9.47 Å². The first kappa shape index (κ1) is 19.9. The van der Waals surface area contributed by atoms with Crippen LogP contribution in [0.15, 0.2) is 53.0 Å². The molecule has 0 spiro atoms. The lowest BCUT2D eigenvalue weighted by Gasteiger charge is -2.34. The number of rotatable bonds is 7. The smallest absolute Gasteiger partial charge is 0.136 e. The molecule has 0 amide bonds. The SMILES string of the molecule is COc1cc(OC)c(CN2CCN(C/C=C/c3ccccc3)CC2)cc1Br. The second-order valence-corrected chi connectivity index (χ2v) is 7.54. The van der Waals surface area contributed by atoms with Crippen molar-refractivity contribution in [2.75, 3.05) is 46.9 Å². The fraction of sp³-hybridized carbons (Fsp3) is 0.364. The lowest BCUT2D eigenvalue weighted by atomic mass is 10.1. The molecule has 1 aliphatic heterocycles. The highest BCUT2D eigenvalue weighted by Crippen LogP contribution is 2.33. The minimum absolute atomic E-state index is 0.797. The Morgan fingerprint density at radius 3 is 2.26 bits per heavy atom. The standard InChI is InChI=1S/C22H27BrN2O2/c1-26-21-16-22(27-2)20(23)15-19(21)17-25-13-11-24(12-14-25)10-6-9-18-7-4-3-5-8-18/h3-9,15-16H,10-14,17H2,1-2H3/b9-6+. The van der Waals surface area contributed by atoms with Crippen LogP contribution in [0.2, 0.25) is 0 Å². The molecule has 0 bridgehead atoms. The Balaban J connectivity index is 1.51. The minimum Gasteiger partial charge on any atom is -0.496 e. The summed E-state index contributed by atoms with van der Waals surface area (Å²) < 4.78 is 11.9. The molecule has 0 aliphatic carbocycles. The maximum atomic E-state index is 5.55. The van der Waals surface area contributed by atoms with E-state index in [4.69, 9.17) is 9.47 Å². The minimum atomic E-state index is 0.797. The molecular weight excluding hydrogens is 404 g/mol. The van der Waals surface area contributed by atoms with Gasteiger partial charge in [0.25, 0.3) is 0 Å². The lowest BCUT2D eigenvalue weighted by molar-refractivity contribution is 0.136. The van der Waals surface area contributed by atoms with E-state index >= 15 is 0 Å². The third-order valence-corrected chi connectivity index (χ3v) is 5.51. The van der Waals surface area contributed by atoms with Crippen LogP contribution in [0.1, 0.15) is 11.1 Å². The molecule has 2 aromatic carbocycles. The highest BCUT2D eigenvalue weighted by atomic mass is 79.9. The quantitative estimate of drug-likeness (QED) is 0.653. The van der Waals surface area contributed by atoms with Gasteiger partial charge in [-0.2, -0.15) is 0 Å². The van der Waals surface area contributed by atoms with E-state index in [1.807, 2.05) is 12.1 Å². The average molecular weight is 431 g/mol. The molecule has 1 aliphatic rings. The van der Waals surface area contributed by atoms with Gasteiger partial charge in [-0.3, -0.25) is 9.80 Å². The lowest BCUT2D eigenvalue weighted by Crippen LogP contribution is -2.45. The fourth-order valence-corrected chi connectivity index (χ4v) is 3.87. The zero-order chi connectivity index (χ0) is 19.1. The number of nitrogens with zero attached hydrogens (tertiary/aromatic N) is 2. The molecule has 5 heteroatoms. The zero-order valence-corrected chi connectivity index (χ0v) is 17.6. The van der Waals surface area contributed by atoms with E-state index in [9.17, 15) is 0 Å². The Kier molecular flexibility index (Phi) is 7.33. The van der Waals surface area contributed by atoms with Gasteiger partial charge in [0.1, 0.15) is 11.5 Å². The van der Waals surface area contributed by atoms with Crippen molar-refractivity contribution >= 4 is 22.0 Å². The van der Waals surface area contributed by atoms with Gasteiger partial charge in [0.05, 0.1) is 18.7 Å². The van der Waals surface area contributed by atoms with Crippen molar-refractivity contribution < 1.29 is 9.47 Å². The second kappa shape index (κ2) is 9.93. The number of hydrogen-bond donors (Lipinski definition) is 0. The fourth-order valence-electron chi connectivity index (χ4n) is 3.32. The van der Waals surface area contributed by atoms with Gasteiger partial charge in [-0.25, -0.2) is 0 Å². The third-order valence-electron chi connectivity index (χ3n) is 4.89. The van der Waals surface area contributed by atoms with Crippen LogP contribution >= 0.6 is 15.9 Å². The monoisotopic (exact) mass is 430 g/mol. The van der Waals surface area contributed by atoms with Crippen molar-refractivity contribution in [1.29, 1.82) is 0 Å². The molecule has 0 aromatic heterocycles. The molecule has 0 N–H and O–H groups in total. The second-order valence-electron chi connectivity index (χ2n) is 6.69. The Hall–Kier alpha value is -1.82. The first-order valence-electron chi connectivity index (χ1n) is 9.26. The van der Waals surface area contributed by atoms with Crippen LogP contribution in [0, 0.1) is 0 Å². The Labute approximate surface area is 170 Å². The molecule has 1 saturated heterocycles. The molecule has 1 heterocycles. The van der Waals surface area contributed by atoms with Crippen molar-refractivity contribution in [3.05, 3.63) is 64.1 Å².